The lowest BCUT2D eigenvalue weighted by atomic mass is 9.87. The van der Waals surface area contributed by atoms with E-state index in [9.17, 15) is 9.90 Å². The average Bonchev–Trinajstić information content (AvgIpc) is 2.98. The number of fused-ring (bicyclic) bond motifs is 1. The first-order valence-corrected chi connectivity index (χ1v) is 10.3. The summed E-state index contributed by atoms with van der Waals surface area (Å²) in [5.74, 6) is 0.261. The third-order valence-corrected chi connectivity index (χ3v) is 5.72. The molecule has 0 fully saturated rings. The molecule has 148 valence electrons. The maximum absolute atomic E-state index is 13.3. The van der Waals surface area contributed by atoms with Gasteiger partial charge in [0.15, 0.2) is 0 Å². The van der Waals surface area contributed by atoms with Crippen molar-refractivity contribution in [1.29, 1.82) is 0 Å². The minimum Gasteiger partial charge on any atom is -0.507 e. The van der Waals surface area contributed by atoms with Gasteiger partial charge in [-0.05, 0) is 47.5 Å². The number of carbonyl (C=O) groups is 1. The highest BCUT2D eigenvalue weighted by Gasteiger charge is 2.39. The molecular formula is C24H22BrNO3. The van der Waals surface area contributed by atoms with Crippen molar-refractivity contribution in [1.82, 2.24) is 0 Å². The fraction of sp³-hybridized carbons (Fsp3) is 0.208. The number of benzene rings is 3. The van der Waals surface area contributed by atoms with Gasteiger partial charge in [0, 0.05) is 22.1 Å². The first-order chi connectivity index (χ1) is 13.8. The van der Waals surface area contributed by atoms with Gasteiger partial charge in [-0.2, -0.15) is 0 Å². The Morgan fingerprint density at radius 2 is 1.86 bits per heavy atom. The standard InChI is InChI=1S/C24H22BrNO3/c1-24(2)15-26(21-10-8-17(25)12-20(21)24)23(28)19-13-18(9-11-22(19)27)29-14-16-6-4-3-5-7-16/h3-13,27H,14-15H2,1-2H3. The highest BCUT2D eigenvalue weighted by atomic mass is 79.9. The highest BCUT2D eigenvalue weighted by molar-refractivity contribution is 9.10. The molecule has 3 aromatic rings. The number of anilines is 1. The van der Waals surface area contributed by atoms with Crippen LogP contribution in [0.2, 0.25) is 0 Å². The van der Waals surface area contributed by atoms with Crippen molar-refractivity contribution in [2.24, 2.45) is 0 Å². The summed E-state index contributed by atoms with van der Waals surface area (Å²) in [5.41, 5.74) is 3.08. The van der Waals surface area contributed by atoms with Gasteiger partial charge in [0.05, 0.1) is 5.56 Å². The Labute approximate surface area is 178 Å². The van der Waals surface area contributed by atoms with Gasteiger partial charge in [-0.3, -0.25) is 4.79 Å². The van der Waals surface area contributed by atoms with Crippen LogP contribution in [0.5, 0.6) is 11.5 Å². The maximum Gasteiger partial charge on any atom is 0.262 e. The van der Waals surface area contributed by atoms with E-state index in [1.54, 1.807) is 17.0 Å². The summed E-state index contributed by atoms with van der Waals surface area (Å²) in [4.78, 5) is 15.1. The van der Waals surface area contributed by atoms with Crippen molar-refractivity contribution in [3.8, 4) is 11.5 Å². The molecule has 1 N–H and O–H groups in total. The average molecular weight is 452 g/mol. The minimum atomic E-state index is -0.234. The molecule has 0 bridgehead atoms. The van der Waals surface area contributed by atoms with E-state index in [1.165, 1.54) is 6.07 Å². The molecule has 1 heterocycles. The lowest BCUT2D eigenvalue weighted by Gasteiger charge is -2.21. The van der Waals surface area contributed by atoms with Crippen LogP contribution in [0, 0.1) is 0 Å². The van der Waals surface area contributed by atoms with E-state index >= 15 is 0 Å². The number of hydrogen-bond acceptors (Lipinski definition) is 3. The molecule has 1 amide bonds. The van der Waals surface area contributed by atoms with Gasteiger partial charge in [-0.25, -0.2) is 0 Å². The Morgan fingerprint density at radius 1 is 1.10 bits per heavy atom. The fourth-order valence-corrected chi connectivity index (χ4v) is 4.06. The lowest BCUT2D eigenvalue weighted by Crippen LogP contribution is -2.34. The summed E-state index contributed by atoms with van der Waals surface area (Å²) in [6, 6.07) is 20.6. The summed E-state index contributed by atoms with van der Waals surface area (Å²) in [7, 11) is 0. The zero-order valence-corrected chi connectivity index (χ0v) is 17.9. The van der Waals surface area contributed by atoms with E-state index in [-0.39, 0.29) is 22.6 Å². The Kier molecular flexibility index (Phi) is 5.09. The van der Waals surface area contributed by atoms with Crippen molar-refractivity contribution >= 4 is 27.5 Å². The van der Waals surface area contributed by atoms with Crippen LogP contribution in [0.4, 0.5) is 5.69 Å². The van der Waals surface area contributed by atoms with Gasteiger partial charge in [-0.15, -0.1) is 0 Å². The van der Waals surface area contributed by atoms with Gasteiger partial charge in [0.1, 0.15) is 18.1 Å². The van der Waals surface area contributed by atoms with Crippen molar-refractivity contribution in [2.75, 3.05) is 11.4 Å². The van der Waals surface area contributed by atoms with Crippen molar-refractivity contribution in [2.45, 2.75) is 25.9 Å². The predicted octanol–water partition coefficient (Wildman–Crippen LogP) is 5.67. The second kappa shape index (κ2) is 7.56. The number of aromatic hydroxyl groups is 1. The number of phenolic OH excluding ortho intramolecular Hbond substituents is 1. The second-order valence-electron chi connectivity index (χ2n) is 7.89. The van der Waals surface area contributed by atoms with Gasteiger partial charge in [0.25, 0.3) is 5.91 Å². The number of phenols is 1. The summed E-state index contributed by atoms with van der Waals surface area (Å²) in [5, 5.41) is 10.4. The first-order valence-electron chi connectivity index (χ1n) is 9.47. The molecule has 29 heavy (non-hydrogen) atoms. The number of hydrogen-bond donors (Lipinski definition) is 1. The smallest absolute Gasteiger partial charge is 0.262 e. The number of ether oxygens (including phenoxy) is 1. The molecule has 5 heteroatoms. The maximum atomic E-state index is 13.3. The van der Waals surface area contributed by atoms with Crippen molar-refractivity contribution in [3.05, 3.63) is 87.9 Å². The van der Waals surface area contributed by atoms with Gasteiger partial charge in [-0.1, -0.05) is 60.1 Å². The Bertz CT molecular complexity index is 1060. The predicted molar refractivity (Wildman–Crippen MR) is 118 cm³/mol. The number of rotatable bonds is 4. The molecule has 0 radical (unpaired) electrons. The number of halogens is 1. The van der Waals surface area contributed by atoms with Crippen LogP contribution < -0.4 is 9.64 Å². The molecule has 0 spiro atoms. The lowest BCUT2D eigenvalue weighted by molar-refractivity contribution is 0.0983. The third-order valence-electron chi connectivity index (χ3n) is 5.22. The monoisotopic (exact) mass is 451 g/mol. The zero-order chi connectivity index (χ0) is 20.6. The van der Waals surface area contributed by atoms with E-state index in [0.29, 0.717) is 18.9 Å². The molecule has 4 rings (SSSR count). The molecule has 0 aliphatic carbocycles. The summed E-state index contributed by atoms with van der Waals surface area (Å²) in [6.45, 7) is 5.18. The largest absolute Gasteiger partial charge is 0.507 e. The van der Waals surface area contributed by atoms with Crippen LogP contribution in [-0.2, 0) is 12.0 Å². The third kappa shape index (κ3) is 3.87. The Hall–Kier alpha value is -2.79. The Balaban J connectivity index is 1.61. The van der Waals surface area contributed by atoms with Crippen LogP contribution >= 0.6 is 15.9 Å². The van der Waals surface area contributed by atoms with E-state index in [0.717, 1.165) is 21.3 Å². The summed E-state index contributed by atoms with van der Waals surface area (Å²) >= 11 is 3.52. The summed E-state index contributed by atoms with van der Waals surface area (Å²) < 4.78 is 6.82. The SMILES string of the molecule is CC1(C)CN(C(=O)c2cc(OCc3ccccc3)ccc2O)c2ccc(Br)cc21. The van der Waals surface area contributed by atoms with Crippen molar-refractivity contribution in [3.63, 3.8) is 0 Å². The van der Waals surface area contributed by atoms with Gasteiger partial charge < -0.3 is 14.7 Å². The molecule has 0 saturated heterocycles. The fourth-order valence-electron chi connectivity index (χ4n) is 3.70. The van der Waals surface area contributed by atoms with Gasteiger partial charge >= 0.3 is 0 Å². The van der Waals surface area contributed by atoms with Crippen molar-refractivity contribution < 1.29 is 14.6 Å². The molecule has 0 atom stereocenters. The topological polar surface area (TPSA) is 49.8 Å². The molecule has 1 aliphatic rings. The number of nitrogens with zero attached hydrogens (tertiary/aromatic N) is 1. The number of amides is 1. The second-order valence-corrected chi connectivity index (χ2v) is 8.81. The zero-order valence-electron chi connectivity index (χ0n) is 16.4. The molecule has 4 nitrogen and oxygen atoms in total. The van der Waals surface area contributed by atoms with E-state index < -0.39 is 0 Å². The van der Waals surface area contributed by atoms with Crippen LogP contribution in [0.25, 0.3) is 0 Å². The van der Waals surface area contributed by atoms with E-state index in [2.05, 4.69) is 35.8 Å². The Morgan fingerprint density at radius 3 is 2.62 bits per heavy atom. The number of carbonyl (C=O) groups excluding carboxylic acids is 1. The quantitative estimate of drug-likeness (QED) is 0.555. The van der Waals surface area contributed by atoms with E-state index in [4.69, 9.17) is 4.74 Å². The molecule has 1 aliphatic heterocycles. The van der Waals surface area contributed by atoms with Crippen LogP contribution in [0.1, 0.15) is 35.3 Å². The molecule has 0 unspecified atom stereocenters. The van der Waals surface area contributed by atoms with E-state index in [1.807, 2.05) is 42.5 Å². The van der Waals surface area contributed by atoms with Crippen LogP contribution in [0.3, 0.4) is 0 Å². The van der Waals surface area contributed by atoms with Gasteiger partial charge in [0.2, 0.25) is 0 Å². The molecule has 0 aromatic heterocycles. The molecule has 0 saturated carbocycles. The summed E-state index contributed by atoms with van der Waals surface area (Å²) in [6.07, 6.45) is 0. The molecule has 3 aromatic carbocycles. The molecular weight excluding hydrogens is 430 g/mol. The van der Waals surface area contributed by atoms with Crippen LogP contribution in [-0.4, -0.2) is 17.6 Å². The minimum absolute atomic E-state index is 0.0505. The normalized spacial score (nSPS) is 14.5. The van der Waals surface area contributed by atoms with Crippen LogP contribution in [0.15, 0.2) is 71.2 Å². The highest BCUT2D eigenvalue weighted by Crippen LogP contribution is 2.43. The first kappa shape index (κ1) is 19.5.